The van der Waals surface area contributed by atoms with E-state index in [1.165, 1.54) is 51.5 Å². The molecule has 0 aromatic heterocycles. The van der Waals surface area contributed by atoms with Gasteiger partial charge in [-0.1, -0.05) is 33.1 Å². The Morgan fingerprint density at radius 2 is 2.00 bits per heavy atom. The maximum Gasteiger partial charge on any atom is 0.00696 e. The fourth-order valence-corrected chi connectivity index (χ4v) is 2.25. The van der Waals surface area contributed by atoms with Gasteiger partial charge in [0.2, 0.25) is 0 Å². The maximum atomic E-state index is 3.67. The van der Waals surface area contributed by atoms with Crippen LogP contribution in [0, 0.1) is 5.92 Å². The predicted molar refractivity (Wildman–Crippen MR) is 58.9 cm³/mol. The second-order valence-corrected chi connectivity index (χ2v) is 4.63. The minimum Gasteiger partial charge on any atom is -0.314 e. The molecule has 0 bridgehead atoms. The monoisotopic (exact) mass is 183 g/mol. The molecule has 2 atom stereocenters. The topological polar surface area (TPSA) is 12.0 Å². The van der Waals surface area contributed by atoms with Crippen molar-refractivity contribution in [1.29, 1.82) is 0 Å². The molecule has 1 heteroatoms. The van der Waals surface area contributed by atoms with E-state index in [4.69, 9.17) is 0 Å². The third-order valence-corrected chi connectivity index (χ3v) is 3.16. The first-order valence-corrected chi connectivity index (χ1v) is 6.06. The summed E-state index contributed by atoms with van der Waals surface area (Å²) >= 11 is 0. The van der Waals surface area contributed by atoms with Crippen LogP contribution in [0.15, 0.2) is 0 Å². The molecule has 0 aromatic carbocycles. The minimum atomic E-state index is 0.844. The lowest BCUT2D eigenvalue weighted by Crippen LogP contribution is -2.27. The van der Waals surface area contributed by atoms with Crippen molar-refractivity contribution in [1.82, 2.24) is 5.32 Å². The molecule has 1 aliphatic carbocycles. The van der Waals surface area contributed by atoms with Crippen LogP contribution in [0.1, 0.15) is 58.8 Å². The first kappa shape index (κ1) is 11.0. The van der Waals surface area contributed by atoms with Crippen molar-refractivity contribution < 1.29 is 0 Å². The lowest BCUT2D eigenvalue weighted by Gasteiger charge is -2.11. The van der Waals surface area contributed by atoms with E-state index < -0.39 is 0 Å². The molecule has 78 valence electrons. The molecule has 0 saturated heterocycles. The molecule has 1 fully saturated rings. The smallest absolute Gasteiger partial charge is 0.00696 e. The number of unbranched alkanes of at least 4 members (excludes halogenated alkanes) is 3. The highest BCUT2D eigenvalue weighted by molar-refractivity contribution is 4.77. The molecule has 0 heterocycles. The quantitative estimate of drug-likeness (QED) is 0.623. The van der Waals surface area contributed by atoms with Gasteiger partial charge in [-0.15, -0.1) is 0 Å². The van der Waals surface area contributed by atoms with Crippen LogP contribution in [0.25, 0.3) is 0 Å². The first-order valence-electron chi connectivity index (χ1n) is 6.06. The Morgan fingerprint density at radius 1 is 1.15 bits per heavy atom. The summed E-state index contributed by atoms with van der Waals surface area (Å²) in [4.78, 5) is 0. The summed E-state index contributed by atoms with van der Waals surface area (Å²) in [7, 11) is 0. The summed E-state index contributed by atoms with van der Waals surface area (Å²) in [5.74, 6) is 0.966. The van der Waals surface area contributed by atoms with Crippen LogP contribution in [-0.4, -0.2) is 12.6 Å². The van der Waals surface area contributed by atoms with Crippen LogP contribution >= 0.6 is 0 Å². The first-order chi connectivity index (χ1) is 6.33. The SMILES string of the molecule is CCCCCCNC1CCC(C)C1. The maximum absolute atomic E-state index is 3.67. The third kappa shape index (κ3) is 4.66. The number of nitrogens with one attached hydrogen (secondary N) is 1. The molecule has 13 heavy (non-hydrogen) atoms. The van der Waals surface area contributed by atoms with E-state index in [-0.39, 0.29) is 0 Å². The van der Waals surface area contributed by atoms with Gasteiger partial charge in [0, 0.05) is 6.04 Å². The molecule has 2 unspecified atom stereocenters. The highest BCUT2D eigenvalue weighted by Crippen LogP contribution is 2.24. The van der Waals surface area contributed by atoms with Gasteiger partial charge in [-0.3, -0.25) is 0 Å². The van der Waals surface area contributed by atoms with E-state index >= 15 is 0 Å². The molecule has 1 N–H and O–H groups in total. The molecule has 1 rings (SSSR count). The molecule has 0 aliphatic heterocycles. The predicted octanol–water partition coefficient (Wildman–Crippen LogP) is 3.34. The van der Waals surface area contributed by atoms with Crippen LogP contribution in [-0.2, 0) is 0 Å². The third-order valence-electron chi connectivity index (χ3n) is 3.16. The zero-order valence-corrected chi connectivity index (χ0v) is 9.31. The van der Waals surface area contributed by atoms with Gasteiger partial charge in [-0.05, 0) is 38.1 Å². The Balaban J connectivity index is 1.88. The molecule has 1 nitrogen and oxygen atoms in total. The largest absolute Gasteiger partial charge is 0.314 e. The Kier molecular flexibility index (Phi) is 5.45. The summed E-state index contributed by atoms with van der Waals surface area (Å²) < 4.78 is 0. The summed E-state index contributed by atoms with van der Waals surface area (Å²) in [6.07, 6.45) is 9.79. The Labute approximate surface area is 83.3 Å². The highest BCUT2D eigenvalue weighted by Gasteiger charge is 2.19. The van der Waals surface area contributed by atoms with Crippen molar-refractivity contribution in [2.45, 2.75) is 64.8 Å². The normalized spacial score (nSPS) is 28.2. The Bertz CT molecular complexity index is 122. The summed E-state index contributed by atoms with van der Waals surface area (Å²) in [5, 5.41) is 3.67. The van der Waals surface area contributed by atoms with E-state index in [1.54, 1.807) is 0 Å². The van der Waals surface area contributed by atoms with Crippen molar-refractivity contribution >= 4 is 0 Å². The van der Waals surface area contributed by atoms with Gasteiger partial charge in [-0.25, -0.2) is 0 Å². The fourth-order valence-electron chi connectivity index (χ4n) is 2.25. The number of hydrogen-bond donors (Lipinski definition) is 1. The zero-order valence-electron chi connectivity index (χ0n) is 9.31. The lowest BCUT2D eigenvalue weighted by atomic mass is 10.1. The van der Waals surface area contributed by atoms with Crippen molar-refractivity contribution in [3.05, 3.63) is 0 Å². The highest BCUT2D eigenvalue weighted by atomic mass is 14.9. The van der Waals surface area contributed by atoms with Gasteiger partial charge in [0.05, 0.1) is 0 Å². The molecule has 0 amide bonds. The number of rotatable bonds is 6. The number of hydrogen-bond acceptors (Lipinski definition) is 1. The molecule has 0 aromatic rings. The van der Waals surface area contributed by atoms with E-state index in [2.05, 4.69) is 19.2 Å². The van der Waals surface area contributed by atoms with Crippen LogP contribution in [0.4, 0.5) is 0 Å². The molecular formula is C12H25N. The zero-order chi connectivity index (χ0) is 9.52. The van der Waals surface area contributed by atoms with Gasteiger partial charge in [0.25, 0.3) is 0 Å². The summed E-state index contributed by atoms with van der Waals surface area (Å²) in [6, 6.07) is 0.844. The standard InChI is InChI=1S/C12H25N/c1-3-4-5-6-9-13-12-8-7-11(2)10-12/h11-13H,3-10H2,1-2H3. The van der Waals surface area contributed by atoms with E-state index in [1.807, 2.05) is 0 Å². The second-order valence-electron chi connectivity index (χ2n) is 4.63. The van der Waals surface area contributed by atoms with Crippen molar-refractivity contribution in [3.63, 3.8) is 0 Å². The Morgan fingerprint density at radius 3 is 2.62 bits per heavy atom. The van der Waals surface area contributed by atoms with E-state index in [0.717, 1.165) is 12.0 Å². The average molecular weight is 183 g/mol. The lowest BCUT2D eigenvalue weighted by molar-refractivity contribution is 0.486. The van der Waals surface area contributed by atoms with E-state index in [0.29, 0.717) is 0 Å². The molecule has 1 saturated carbocycles. The Hall–Kier alpha value is -0.0400. The van der Waals surface area contributed by atoms with Crippen LogP contribution < -0.4 is 5.32 Å². The fraction of sp³-hybridized carbons (Fsp3) is 1.00. The van der Waals surface area contributed by atoms with Crippen molar-refractivity contribution in [2.24, 2.45) is 5.92 Å². The average Bonchev–Trinajstić information content (AvgIpc) is 2.51. The van der Waals surface area contributed by atoms with Crippen LogP contribution in [0.2, 0.25) is 0 Å². The van der Waals surface area contributed by atoms with Gasteiger partial charge in [-0.2, -0.15) is 0 Å². The van der Waals surface area contributed by atoms with Gasteiger partial charge >= 0.3 is 0 Å². The van der Waals surface area contributed by atoms with Gasteiger partial charge in [0.15, 0.2) is 0 Å². The van der Waals surface area contributed by atoms with Crippen LogP contribution in [0.3, 0.4) is 0 Å². The van der Waals surface area contributed by atoms with Crippen molar-refractivity contribution in [2.75, 3.05) is 6.54 Å². The van der Waals surface area contributed by atoms with Gasteiger partial charge < -0.3 is 5.32 Å². The summed E-state index contributed by atoms with van der Waals surface area (Å²) in [5.41, 5.74) is 0. The van der Waals surface area contributed by atoms with Gasteiger partial charge in [0.1, 0.15) is 0 Å². The molecule has 1 aliphatic rings. The minimum absolute atomic E-state index is 0.844. The molecular weight excluding hydrogens is 158 g/mol. The second kappa shape index (κ2) is 6.42. The summed E-state index contributed by atoms with van der Waals surface area (Å²) in [6.45, 7) is 5.89. The van der Waals surface area contributed by atoms with Crippen molar-refractivity contribution in [3.8, 4) is 0 Å². The molecule has 0 radical (unpaired) electrons. The van der Waals surface area contributed by atoms with Crippen LogP contribution in [0.5, 0.6) is 0 Å². The molecule has 0 spiro atoms. The van der Waals surface area contributed by atoms with E-state index in [9.17, 15) is 0 Å².